The van der Waals surface area contributed by atoms with E-state index >= 15 is 0 Å². The number of aryl methyl sites for hydroxylation is 3. The Hall–Kier alpha value is -1.72. The fourth-order valence-corrected chi connectivity index (χ4v) is 5.21. The van der Waals surface area contributed by atoms with Gasteiger partial charge in [-0.3, -0.25) is 6.08 Å². The first-order valence-corrected chi connectivity index (χ1v) is 12.8. The van der Waals surface area contributed by atoms with E-state index in [0.717, 1.165) is 16.7 Å². The molecule has 0 spiro atoms. The first-order chi connectivity index (χ1) is 16.1. The maximum absolute atomic E-state index is 10.9. The van der Waals surface area contributed by atoms with Crippen LogP contribution in [0.25, 0.3) is 5.73 Å². The topological polar surface area (TPSA) is 40.9 Å². The van der Waals surface area contributed by atoms with Crippen molar-refractivity contribution in [3.05, 3.63) is 124 Å². The standard InChI is InChI=1S/C12H11Si.C10H13NO.C9H13.2ClH.Hf/c1-3-7-11(8-4-1)13-12-9-5-2-6-10-12;1-6-4-7(2)9(10(11)12)8(3)5-6;1-6-5-7(2)9(4)8(6)3;;;/h1-10,13H;4-5H,1-3H3,(H2,11,12);6H,1-4H3;2*1H;/q;;-1;;;+4/p-3. The number of benzene rings is 3. The summed E-state index contributed by atoms with van der Waals surface area (Å²) in [5.41, 5.74) is 14.7. The molecule has 2 nitrogen and oxygen atoms in total. The molecule has 0 aromatic heterocycles. The second-order valence-corrected chi connectivity index (χ2v) is 10.5. The molecule has 3 aromatic carbocycles. The van der Waals surface area contributed by atoms with Gasteiger partial charge in [0.2, 0.25) is 0 Å². The minimum absolute atomic E-state index is 0. The van der Waals surface area contributed by atoms with E-state index in [-0.39, 0.29) is 60.2 Å². The summed E-state index contributed by atoms with van der Waals surface area (Å²) in [5.74, 6) is -0.0324. The summed E-state index contributed by atoms with van der Waals surface area (Å²) in [6.45, 7) is 14.4. The monoisotopic (exact) mass is 716 g/mol. The van der Waals surface area contributed by atoms with E-state index in [2.05, 4.69) is 94.4 Å². The van der Waals surface area contributed by atoms with Crippen LogP contribution in [0, 0.1) is 32.8 Å². The van der Waals surface area contributed by atoms with E-state index in [0.29, 0.717) is 11.5 Å². The zero-order valence-corrected chi connectivity index (χ0v) is 29.0. The molecular formula is C31H36Cl2HfNOSi. The van der Waals surface area contributed by atoms with Crippen LogP contribution in [-0.2, 0) is 25.8 Å². The molecule has 1 atom stereocenters. The van der Waals surface area contributed by atoms with E-state index in [9.17, 15) is 4.79 Å². The smallest absolute Gasteiger partial charge is 1.00 e. The van der Waals surface area contributed by atoms with Gasteiger partial charge < -0.3 is 35.3 Å². The average Bonchev–Trinajstić information content (AvgIpc) is 3.00. The zero-order chi connectivity index (χ0) is 25.3. The normalized spacial score (nSPS) is 13.3. The van der Waals surface area contributed by atoms with Gasteiger partial charge >= 0.3 is 25.8 Å². The Morgan fingerprint density at radius 3 is 1.46 bits per heavy atom. The third-order valence-electron chi connectivity index (χ3n) is 6.07. The molecule has 1 aliphatic rings. The third-order valence-corrected chi connectivity index (χ3v) is 7.51. The van der Waals surface area contributed by atoms with Gasteiger partial charge in [0.25, 0.3) is 0 Å². The summed E-state index contributed by atoms with van der Waals surface area (Å²) in [5, 5.41) is 2.90. The molecule has 4 rings (SSSR count). The van der Waals surface area contributed by atoms with Crippen molar-refractivity contribution in [3.63, 3.8) is 0 Å². The predicted molar refractivity (Wildman–Crippen MR) is 149 cm³/mol. The Balaban J connectivity index is 0. The first kappa shape index (κ1) is 37.4. The van der Waals surface area contributed by atoms with Gasteiger partial charge in [0.15, 0.2) is 0 Å². The van der Waals surface area contributed by atoms with E-state index in [1.165, 1.54) is 27.1 Å². The fourth-order valence-electron chi connectivity index (χ4n) is 3.99. The van der Waals surface area contributed by atoms with Crippen molar-refractivity contribution in [1.82, 2.24) is 0 Å². The molecule has 6 heteroatoms. The van der Waals surface area contributed by atoms with Crippen LogP contribution in [0.4, 0.5) is 0 Å². The fraction of sp³-hybridized carbons (Fsp3) is 0.258. The largest absolute Gasteiger partial charge is 4.00 e. The predicted octanol–water partition coefficient (Wildman–Crippen LogP) is 0.606. The summed E-state index contributed by atoms with van der Waals surface area (Å²) < 4.78 is 0. The number of hydrogen-bond acceptors (Lipinski definition) is 1. The van der Waals surface area contributed by atoms with Crippen molar-refractivity contribution in [2.24, 2.45) is 5.92 Å². The quantitative estimate of drug-likeness (QED) is 0.290. The molecule has 193 valence electrons. The van der Waals surface area contributed by atoms with Gasteiger partial charge in [0.1, 0.15) is 9.52 Å². The van der Waals surface area contributed by atoms with Crippen LogP contribution in [0.5, 0.6) is 0 Å². The molecule has 1 aliphatic carbocycles. The molecule has 0 fully saturated rings. The van der Waals surface area contributed by atoms with Crippen LogP contribution in [-0.4, -0.2) is 15.4 Å². The van der Waals surface area contributed by atoms with Crippen molar-refractivity contribution >= 4 is 25.8 Å². The Kier molecular flexibility index (Phi) is 18.7. The van der Waals surface area contributed by atoms with Crippen molar-refractivity contribution in [2.75, 3.05) is 0 Å². The van der Waals surface area contributed by atoms with Crippen molar-refractivity contribution < 1.29 is 55.5 Å². The summed E-state index contributed by atoms with van der Waals surface area (Å²) in [6, 6.07) is 25.2. The van der Waals surface area contributed by atoms with Crippen molar-refractivity contribution in [2.45, 2.75) is 48.5 Å². The Bertz CT molecular complexity index is 1120. The number of carbonyl (C=O) groups is 1. The molecule has 1 N–H and O–H groups in total. The maximum Gasteiger partial charge on any atom is 4.00 e. The average molecular weight is 716 g/mol. The molecule has 0 heterocycles. The number of rotatable bonds is 3. The van der Waals surface area contributed by atoms with Crippen LogP contribution < -0.4 is 35.2 Å². The van der Waals surface area contributed by atoms with Crippen molar-refractivity contribution in [3.8, 4) is 0 Å². The Labute approximate surface area is 257 Å². The number of halogens is 2. The Morgan fingerprint density at radius 1 is 0.784 bits per heavy atom. The number of nitrogens with one attached hydrogen (secondary N) is 1. The van der Waals surface area contributed by atoms with E-state index in [4.69, 9.17) is 5.73 Å². The van der Waals surface area contributed by atoms with Crippen molar-refractivity contribution in [1.29, 1.82) is 0 Å². The van der Waals surface area contributed by atoms with Crippen LogP contribution in [0.15, 0.2) is 89.5 Å². The second kappa shape index (κ2) is 18.5. The SMILES string of the molecule is CC1=[C-]C(C)C(C)=C1C.Cc1cc(C)c(C([NH-])=O)c(C)c1.[Cl-].[Cl-].[Hf+4].c1ccc([SiH]c2ccccc2)cc1. The third kappa shape index (κ3) is 12.1. The van der Waals surface area contributed by atoms with Gasteiger partial charge in [-0.25, -0.2) is 5.57 Å². The molecule has 0 saturated heterocycles. The van der Waals surface area contributed by atoms with Crippen LogP contribution in [0.2, 0.25) is 0 Å². The number of hydrogen-bond donors (Lipinski definition) is 0. The summed E-state index contributed by atoms with van der Waals surface area (Å²) in [7, 11) is 0.271. The summed E-state index contributed by atoms with van der Waals surface area (Å²) in [6.07, 6.45) is 3.36. The molecule has 0 aliphatic heterocycles. The maximum atomic E-state index is 10.9. The first-order valence-electron chi connectivity index (χ1n) is 11.7. The Morgan fingerprint density at radius 2 is 1.19 bits per heavy atom. The minimum Gasteiger partial charge on any atom is -1.00 e. The molecule has 0 bridgehead atoms. The molecular weight excluding hydrogens is 680 g/mol. The zero-order valence-electron chi connectivity index (χ0n) is 22.7. The van der Waals surface area contributed by atoms with E-state index in [1.54, 1.807) is 0 Å². The van der Waals surface area contributed by atoms with Gasteiger partial charge in [-0.05, 0) is 31.9 Å². The van der Waals surface area contributed by atoms with Gasteiger partial charge in [0.05, 0.1) is 5.91 Å². The molecule has 3 aromatic rings. The summed E-state index contributed by atoms with van der Waals surface area (Å²) in [4.78, 5) is 10.9. The van der Waals surface area contributed by atoms with Gasteiger partial charge in [-0.15, -0.1) is 6.92 Å². The number of allylic oxidation sites excluding steroid dienone is 4. The van der Waals surface area contributed by atoms with Gasteiger partial charge in [0, 0.05) is 5.56 Å². The van der Waals surface area contributed by atoms with Crippen LogP contribution in [0.1, 0.15) is 54.7 Å². The number of carbonyl (C=O) groups excluding carboxylic acids is 1. The van der Waals surface area contributed by atoms with Gasteiger partial charge in [-0.1, -0.05) is 115 Å². The second-order valence-electron chi connectivity index (χ2n) is 8.87. The molecule has 1 amide bonds. The summed E-state index contributed by atoms with van der Waals surface area (Å²) >= 11 is 0. The van der Waals surface area contributed by atoms with E-state index in [1.807, 2.05) is 32.9 Å². The molecule has 1 unspecified atom stereocenters. The minimum atomic E-state index is -0.593. The van der Waals surface area contributed by atoms with Gasteiger partial charge in [-0.2, -0.15) is 11.1 Å². The van der Waals surface area contributed by atoms with E-state index < -0.39 is 5.91 Å². The molecule has 0 saturated carbocycles. The van der Waals surface area contributed by atoms with Crippen LogP contribution in [0.3, 0.4) is 0 Å². The molecule has 37 heavy (non-hydrogen) atoms. The molecule has 1 radical (unpaired) electrons. The van der Waals surface area contributed by atoms with Crippen LogP contribution >= 0.6 is 0 Å². The number of amides is 1.